The van der Waals surface area contributed by atoms with Crippen molar-refractivity contribution in [1.29, 1.82) is 0 Å². The summed E-state index contributed by atoms with van der Waals surface area (Å²) in [6.07, 6.45) is 2.28. The fourth-order valence-electron chi connectivity index (χ4n) is 2.64. The first-order valence-electron chi connectivity index (χ1n) is 6.86. The zero-order valence-corrected chi connectivity index (χ0v) is 11.7. The van der Waals surface area contributed by atoms with Gasteiger partial charge in [0.25, 0.3) is 5.69 Å². The first kappa shape index (κ1) is 14.7. The van der Waals surface area contributed by atoms with E-state index in [2.05, 4.69) is 4.90 Å². The van der Waals surface area contributed by atoms with Gasteiger partial charge in [0, 0.05) is 25.8 Å². The molecule has 110 valence electrons. The van der Waals surface area contributed by atoms with Gasteiger partial charge in [0.2, 0.25) is 0 Å². The van der Waals surface area contributed by atoms with E-state index >= 15 is 0 Å². The van der Waals surface area contributed by atoms with E-state index < -0.39 is 4.92 Å². The van der Waals surface area contributed by atoms with Crippen molar-refractivity contribution in [3.05, 3.63) is 33.9 Å². The molecule has 2 N–H and O–H groups in total. The second-order valence-electron chi connectivity index (χ2n) is 5.39. The Morgan fingerprint density at radius 1 is 1.55 bits per heavy atom. The molecule has 1 unspecified atom stereocenters. The maximum absolute atomic E-state index is 10.9. The number of benzene rings is 1. The number of nitro benzene ring substituents is 1. The maximum Gasteiger partial charge on any atom is 0.292 e. The molecule has 1 aromatic rings. The molecule has 0 saturated carbocycles. The van der Waals surface area contributed by atoms with Crippen LogP contribution in [0.15, 0.2) is 18.2 Å². The molecule has 1 aliphatic heterocycles. The summed E-state index contributed by atoms with van der Waals surface area (Å²) < 4.78 is 5.47. The molecule has 1 aromatic carbocycles. The summed E-state index contributed by atoms with van der Waals surface area (Å²) in [5, 5.41) is 10.9. The molecule has 6 nitrogen and oxygen atoms in total. The molecule has 0 amide bonds. The number of hydrogen-bond acceptors (Lipinski definition) is 5. The van der Waals surface area contributed by atoms with E-state index in [1.54, 1.807) is 6.07 Å². The number of rotatable bonds is 5. The van der Waals surface area contributed by atoms with E-state index in [1.807, 2.05) is 13.1 Å². The van der Waals surface area contributed by atoms with Crippen LogP contribution in [0.4, 0.5) is 11.4 Å². The van der Waals surface area contributed by atoms with E-state index in [1.165, 1.54) is 12.5 Å². The van der Waals surface area contributed by atoms with Crippen molar-refractivity contribution in [2.24, 2.45) is 5.92 Å². The van der Waals surface area contributed by atoms with Crippen LogP contribution in [-0.4, -0.2) is 36.6 Å². The summed E-state index contributed by atoms with van der Waals surface area (Å²) in [6, 6.07) is 4.96. The molecule has 1 aliphatic rings. The molecule has 0 bridgehead atoms. The van der Waals surface area contributed by atoms with Crippen LogP contribution in [0.2, 0.25) is 0 Å². The summed E-state index contributed by atoms with van der Waals surface area (Å²) in [4.78, 5) is 12.6. The summed E-state index contributed by atoms with van der Waals surface area (Å²) >= 11 is 0. The van der Waals surface area contributed by atoms with Crippen LogP contribution < -0.4 is 5.73 Å². The predicted molar refractivity (Wildman–Crippen MR) is 77.4 cm³/mol. The van der Waals surface area contributed by atoms with Crippen molar-refractivity contribution in [2.45, 2.75) is 19.4 Å². The number of hydrogen-bond donors (Lipinski definition) is 1. The Balaban J connectivity index is 1.98. The molecule has 1 atom stereocenters. The second-order valence-corrected chi connectivity index (χ2v) is 5.39. The van der Waals surface area contributed by atoms with Crippen LogP contribution >= 0.6 is 0 Å². The number of nitro groups is 1. The van der Waals surface area contributed by atoms with Crippen molar-refractivity contribution in [3.63, 3.8) is 0 Å². The minimum atomic E-state index is -0.437. The van der Waals surface area contributed by atoms with E-state index in [0.717, 1.165) is 31.7 Å². The van der Waals surface area contributed by atoms with Crippen molar-refractivity contribution in [2.75, 3.05) is 32.5 Å². The lowest BCUT2D eigenvalue weighted by molar-refractivity contribution is -0.384. The number of para-hydroxylation sites is 1. The highest BCUT2D eigenvalue weighted by Crippen LogP contribution is 2.26. The van der Waals surface area contributed by atoms with E-state index in [-0.39, 0.29) is 11.4 Å². The van der Waals surface area contributed by atoms with Gasteiger partial charge in [-0.15, -0.1) is 0 Å². The fraction of sp³-hybridized carbons (Fsp3) is 0.571. The highest BCUT2D eigenvalue weighted by molar-refractivity contribution is 5.62. The third-order valence-corrected chi connectivity index (χ3v) is 3.63. The standard InChI is InChI=1S/C14H21N3O3/c1-16(8-11-4-3-7-20-10-11)9-12-5-2-6-13(14(12)15)17(18)19/h2,5-6,11H,3-4,7-10,15H2,1H3. The number of nitrogens with two attached hydrogens (primary N) is 1. The summed E-state index contributed by atoms with van der Waals surface area (Å²) in [6.45, 7) is 3.19. The van der Waals surface area contributed by atoms with Crippen LogP contribution in [0.25, 0.3) is 0 Å². The number of anilines is 1. The van der Waals surface area contributed by atoms with Crippen LogP contribution in [0.5, 0.6) is 0 Å². The average molecular weight is 279 g/mol. The van der Waals surface area contributed by atoms with E-state index in [9.17, 15) is 10.1 Å². The summed E-state index contributed by atoms with van der Waals surface area (Å²) in [5.74, 6) is 0.536. The van der Waals surface area contributed by atoms with Gasteiger partial charge in [-0.3, -0.25) is 10.1 Å². The highest BCUT2D eigenvalue weighted by Gasteiger charge is 2.18. The van der Waals surface area contributed by atoms with Gasteiger partial charge >= 0.3 is 0 Å². The Labute approximate surface area is 118 Å². The molecule has 1 fully saturated rings. The van der Waals surface area contributed by atoms with Gasteiger partial charge in [-0.2, -0.15) is 0 Å². The lowest BCUT2D eigenvalue weighted by Crippen LogP contribution is -2.30. The van der Waals surface area contributed by atoms with Gasteiger partial charge in [-0.25, -0.2) is 0 Å². The number of nitrogens with zero attached hydrogens (tertiary/aromatic N) is 2. The first-order chi connectivity index (χ1) is 9.58. The predicted octanol–water partition coefficient (Wildman–Crippen LogP) is 2.04. The van der Waals surface area contributed by atoms with Gasteiger partial charge in [-0.1, -0.05) is 12.1 Å². The molecule has 0 spiro atoms. The molecule has 2 rings (SSSR count). The van der Waals surface area contributed by atoms with Crippen LogP contribution in [-0.2, 0) is 11.3 Å². The molecule has 1 saturated heterocycles. The van der Waals surface area contributed by atoms with E-state index in [0.29, 0.717) is 12.5 Å². The van der Waals surface area contributed by atoms with E-state index in [4.69, 9.17) is 10.5 Å². The Bertz CT molecular complexity index is 473. The van der Waals surface area contributed by atoms with Crippen LogP contribution in [0.3, 0.4) is 0 Å². The lowest BCUT2D eigenvalue weighted by Gasteiger charge is -2.27. The average Bonchev–Trinajstić information content (AvgIpc) is 2.42. The lowest BCUT2D eigenvalue weighted by atomic mass is 10.0. The van der Waals surface area contributed by atoms with Gasteiger partial charge in [0.15, 0.2) is 0 Å². The monoisotopic (exact) mass is 279 g/mol. The maximum atomic E-state index is 10.9. The van der Waals surface area contributed by atoms with Crippen molar-refractivity contribution in [3.8, 4) is 0 Å². The minimum Gasteiger partial charge on any atom is -0.393 e. The van der Waals surface area contributed by atoms with Gasteiger partial charge in [0.1, 0.15) is 5.69 Å². The van der Waals surface area contributed by atoms with Crippen molar-refractivity contribution in [1.82, 2.24) is 4.90 Å². The zero-order chi connectivity index (χ0) is 14.5. The molecule has 1 heterocycles. The SMILES string of the molecule is CN(Cc1cccc([N+](=O)[O-])c1N)CC1CCCOC1. The largest absolute Gasteiger partial charge is 0.393 e. The minimum absolute atomic E-state index is 0.0168. The Kier molecular flexibility index (Phi) is 4.92. The highest BCUT2D eigenvalue weighted by atomic mass is 16.6. The van der Waals surface area contributed by atoms with Gasteiger partial charge < -0.3 is 15.4 Å². The number of ether oxygens (including phenoxy) is 1. The van der Waals surface area contributed by atoms with Gasteiger partial charge in [0.05, 0.1) is 11.5 Å². The van der Waals surface area contributed by atoms with Crippen molar-refractivity contribution >= 4 is 11.4 Å². The molecule has 0 aliphatic carbocycles. The summed E-state index contributed by atoms with van der Waals surface area (Å²) in [7, 11) is 2.01. The van der Waals surface area contributed by atoms with Crippen LogP contribution in [0.1, 0.15) is 18.4 Å². The third-order valence-electron chi connectivity index (χ3n) is 3.63. The second kappa shape index (κ2) is 6.67. The Morgan fingerprint density at radius 3 is 3.00 bits per heavy atom. The quantitative estimate of drug-likeness (QED) is 0.506. The van der Waals surface area contributed by atoms with Gasteiger partial charge in [-0.05, 0) is 31.4 Å². The normalized spacial score (nSPS) is 19.2. The Hall–Kier alpha value is -1.66. The van der Waals surface area contributed by atoms with Crippen molar-refractivity contribution < 1.29 is 9.66 Å². The molecule has 6 heteroatoms. The molecule has 20 heavy (non-hydrogen) atoms. The van der Waals surface area contributed by atoms with Crippen LogP contribution in [0, 0.1) is 16.0 Å². The molecule has 0 aromatic heterocycles. The topological polar surface area (TPSA) is 81.6 Å². The number of nitrogen functional groups attached to an aromatic ring is 1. The molecular formula is C14H21N3O3. The molecular weight excluding hydrogens is 258 g/mol. The zero-order valence-electron chi connectivity index (χ0n) is 11.7. The third kappa shape index (κ3) is 3.68. The Morgan fingerprint density at radius 2 is 2.35 bits per heavy atom. The smallest absolute Gasteiger partial charge is 0.292 e. The first-order valence-corrected chi connectivity index (χ1v) is 6.86. The summed E-state index contributed by atoms with van der Waals surface area (Å²) in [5.41, 5.74) is 6.93. The fourth-order valence-corrected chi connectivity index (χ4v) is 2.64. The molecule has 0 radical (unpaired) electrons.